The second-order valence-electron chi connectivity index (χ2n) is 4.33. The van der Waals surface area contributed by atoms with Gasteiger partial charge in [-0.1, -0.05) is 6.42 Å². The topological polar surface area (TPSA) is 24.1 Å². The molecule has 1 saturated heterocycles. The smallest absolute Gasteiger partial charge is 0.0300 e. The Morgan fingerprint density at radius 2 is 2.53 bits per heavy atom. The van der Waals surface area contributed by atoms with E-state index in [1.165, 1.54) is 31.4 Å². The van der Waals surface area contributed by atoms with Crippen molar-refractivity contribution < 1.29 is 0 Å². The van der Waals surface area contributed by atoms with Crippen LogP contribution in [-0.4, -0.2) is 19.1 Å². The Labute approximate surface area is 96.1 Å². The predicted octanol–water partition coefficient (Wildman–Crippen LogP) is 2.54. The van der Waals surface area contributed by atoms with Gasteiger partial charge in [-0.3, -0.25) is 0 Å². The SMILES string of the molecule is CC(NCC1CCCCN1)c1ccsc1. The lowest BCUT2D eigenvalue weighted by molar-refractivity contribution is 0.371. The zero-order chi connectivity index (χ0) is 10.5. The Morgan fingerprint density at radius 3 is 3.20 bits per heavy atom. The fraction of sp³-hybridized carbons (Fsp3) is 0.667. The van der Waals surface area contributed by atoms with Crippen LogP contribution in [0.2, 0.25) is 0 Å². The highest BCUT2D eigenvalue weighted by atomic mass is 32.1. The summed E-state index contributed by atoms with van der Waals surface area (Å²) in [6.45, 7) is 4.53. The van der Waals surface area contributed by atoms with Crippen molar-refractivity contribution in [2.75, 3.05) is 13.1 Å². The molecule has 0 radical (unpaired) electrons. The van der Waals surface area contributed by atoms with Gasteiger partial charge in [0.15, 0.2) is 0 Å². The number of nitrogens with one attached hydrogen (secondary N) is 2. The van der Waals surface area contributed by atoms with E-state index in [9.17, 15) is 0 Å². The van der Waals surface area contributed by atoms with E-state index in [2.05, 4.69) is 34.4 Å². The van der Waals surface area contributed by atoms with Crippen LogP contribution in [0.15, 0.2) is 16.8 Å². The largest absolute Gasteiger partial charge is 0.313 e. The van der Waals surface area contributed by atoms with Crippen LogP contribution in [0.3, 0.4) is 0 Å². The first-order valence-corrected chi connectivity index (χ1v) is 6.79. The molecule has 1 aromatic heterocycles. The van der Waals surface area contributed by atoms with E-state index in [-0.39, 0.29) is 0 Å². The molecule has 2 N–H and O–H groups in total. The maximum Gasteiger partial charge on any atom is 0.0300 e. The molecule has 0 bridgehead atoms. The summed E-state index contributed by atoms with van der Waals surface area (Å²) in [5.41, 5.74) is 1.41. The van der Waals surface area contributed by atoms with E-state index in [1.807, 2.05) is 0 Å². The van der Waals surface area contributed by atoms with E-state index in [1.54, 1.807) is 11.3 Å². The van der Waals surface area contributed by atoms with Crippen molar-refractivity contribution in [3.63, 3.8) is 0 Å². The van der Waals surface area contributed by atoms with Crippen LogP contribution in [0.25, 0.3) is 0 Å². The molecule has 1 aliphatic rings. The molecule has 0 saturated carbocycles. The fourth-order valence-corrected chi connectivity index (χ4v) is 2.81. The zero-order valence-corrected chi connectivity index (χ0v) is 10.1. The Morgan fingerprint density at radius 1 is 1.60 bits per heavy atom. The molecule has 2 heterocycles. The molecule has 0 spiro atoms. The summed E-state index contributed by atoms with van der Waals surface area (Å²) in [6, 6.07) is 3.37. The maximum absolute atomic E-state index is 3.60. The number of thiophene rings is 1. The number of rotatable bonds is 4. The zero-order valence-electron chi connectivity index (χ0n) is 9.33. The van der Waals surface area contributed by atoms with Crippen molar-refractivity contribution in [3.8, 4) is 0 Å². The van der Waals surface area contributed by atoms with Gasteiger partial charge in [0.05, 0.1) is 0 Å². The summed E-state index contributed by atoms with van der Waals surface area (Å²) < 4.78 is 0. The first-order valence-electron chi connectivity index (χ1n) is 5.85. The molecular formula is C12H20N2S. The van der Waals surface area contributed by atoms with Crippen molar-refractivity contribution in [2.24, 2.45) is 0 Å². The third kappa shape index (κ3) is 3.30. The van der Waals surface area contributed by atoms with Gasteiger partial charge in [0.25, 0.3) is 0 Å². The standard InChI is InChI=1S/C12H20N2S/c1-10(11-5-7-15-9-11)14-8-12-4-2-3-6-13-12/h5,7,9-10,12-14H,2-4,6,8H2,1H3. The quantitative estimate of drug-likeness (QED) is 0.821. The molecule has 84 valence electrons. The van der Waals surface area contributed by atoms with Crippen LogP contribution in [0.4, 0.5) is 0 Å². The molecule has 0 aromatic carbocycles. The molecule has 1 aromatic rings. The fourth-order valence-electron chi connectivity index (χ4n) is 2.06. The van der Waals surface area contributed by atoms with Crippen molar-refractivity contribution in [3.05, 3.63) is 22.4 Å². The first-order chi connectivity index (χ1) is 7.36. The lowest BCUT2D eigenvalue weighted by Gasteiger charge is -2.25. The van der Waals surface area contributed by atoms with E-state index >= 15 is 0 Å². The summed E-state index contributed by atoms with van der Waals surface area (Å²) in [4.78, 5) is 0. The van der Waals surface area contributed by atoms with Gasteiger partial charge in [-0.05, 0) is 48.7 Å². The first kappa shape index (κ1) is 11.1. The molecular weight excluding hydrogens is 204 g/mol. The highest BCUT2D eigenvalue weighted by Gasteiger charge is 2.13. The average Bonchev–Trinajstić information content (AvgIpc) is 2.81. The Hall–Kier alpha value is -0.380. The van der Waals surface area contributed by atoms with Crippen molar-refractivity contribution >= 4 is 11.3 Å². The van der Waals surface area contributed by atoms with Gasteiger partial charge in [0, 0.05) is 18.6 Å². The Bertz CT molecular complexity index is 265. The molecule has 0 amide bonds. The van der Waals surface area contributed by atoms with Gasteiger partial charge < -0.3 is 10.6 Å². The second-order valence-corrected chi connectivity index (χ2v) is 5.11. The lowest BCUT2D eigenvalue weighted by Crippen LogP contribution is -2.42. The van der Waals surface area contributed by atoms with Crippen LogP contribution in [0.5, 0.6) is 0 Å². The van der Waals surface area contributed by atoms with Gasteiger partial charge in [0.1, 0.15) is 0 Å². The minimum atomic E-state index is 0.486. The molecule has 2 atom stereocenters. The summed E-state index contributed by atoms with van der Waals surface area (Å²) in [7, 11) is 0. The maximum atomic E-state index is 3.60. The molecule has 2 nitrogen and oxygen atoms in total. The van der Waals surface area contributed by atoms with Gasteiger partial charge in [-0.25, -0.2) is 0 Å². The van der Waals surface area contributed by atoms with Crippen molar-refractivity contribution in [1.82, 2.24) is 10.6 Å². The molecule has 3 heteroatoms. The van der Waals surface area contributed by atoms with Gasteiger partial charge in [-0.2, -0.15) is 11.3 Å². The normalized spacial score (nSPS) is 23.9. The molecule has 2 unspecified atom stereocenters. The minimum absolute atomic E-state index is 0.486. The number of hydrogen-bond acceptors (Lipinski definition) is 3. The Kier molecular flexibility index (Phi) is 4.18. The predicted molar refractivity (Wildman–Crippen MR) is 66.4 cm³/mol. The third-order valence-electron chi connectivity index (χ3n) is 3.13. The monoisotopic (exact) mass is 224 g/mol. The van der Waals surface area contributed by atoms with Crippen LogP contribution in [0, 0.1) is 0 Å². The summed E-state index contributed by atoms with van der Waals surface area (Å²) >= 11 is 1.77. The van der Waals surface area contributed by atoms with Gasteiger partial charge in [-0.15, -0.1) is 0 Å². The molecule has 1 aliphatic heterocycles. The second kappa shape index (κ2) is 5.64. The van der Waals surface area contributed by atoms with Crippen LogP contribution >= 0.6 is 11.3 Å². The molecule has 0 aliphatic carbocycles. The van der Waals surface area contributed by atoms with E-state index < -0.39 is 0 Å². The Balaban J connectivity index is 1.73. The minimum Gasteiger partial charge on any atom is -0.313 e. The summed E-state index contributed by atoms with van der Waals surface area (Å²) in [5, 5.41) is 11.5. The number of hydrogen-bond donors (Lipinski definition) is 2. The average molecular weight is 224 g/mol. The highest BCUT2D eigenvalue weighted by molar-refractivity contribution is 7.07. The van der Waals surface area contributed by atoms with Crippen molar-refractivity contribution in [1.29, 1.82) is 0 Å². The van der Waals surface area contributed by atoms with E-state index in [4.69, 9.17) is 0 Å². The lowest BCUT2D eigenvalue weighted by atomic mass is 10.0. The molecule has 2 rings (SSSR count). The molecule has 15 heavy (non-hydrogen) atoms. The van der Waals surface area contributed by atoms with Gasteiger partial charge in [0.2, 0.25) is 0 Å². The van der Waals surface area contributed by atoms with Crippen molar-refractivity contribution in [2.45, 2.75) is 38.3 Å². The summed E-state index contributed by atoms with van der Waals surface area (Å²) in [6.07, 6.45) is 4.05. The summed E-state index contributed by atoms with van der Waals surface area (Å²) in [5.74, 6) is 0. The van der Waals surface area contributed by atoms with E-state index in [0.717, 1.165) is 6.54 Å². The van der Waals surface area contributed by atoms with Crippen LogP contribution < -0.4 is 10.6 Å². The van der Waals surface area contributed by atoms with E-state index in [0.29, 0.717) is 12.1 Å². The van der Waals surface area contributed by atoms with Crippen LogP contribution in [0.1, 0.15) is 37.8 Å². The third-order valence-corrected chi connectivity index (χ3v) is 3.83. The highest BCUT2D eigenvalue weighted by Crippen LogP contribution is 2.16. The van der Waals surface area contributed by atoms with Gasteiger partial charge >= 0.3 is 0 Å². The molecule has 1 fully saturated rings. The van der Waals surface area contributed by atoms with Crippen LogP contribution in [-0.2, 0) is 0 Å². The number of piperidine rings is 1.